The van der Waals surface area contributed by atoms with Crippen molar-refractivity contribution in [3.63, 3.8) is 0 Å². The predicted octanol–water partition coefficient (Wildman–Crippen LogP) is 6.75. The van der Waals surface area contributed by atoms with E-state index < -0.39 is 0 Å². The number of imidazole rings is 2. The van der Waals surface area contributed by atoms with Crippen LogP contribution < -0.4 is 10.6 Å². The summed E-state index contributed by atoms with van der Waals surface area (Å²) in [4.78, 5) is 16.5. The molecule has 4 aromatic rings. The van der Waals surface area contributed by atoms with Crippen LogP contribution in [0.5, 0.6) is 0 Å². The van der Waals surface area contributed by atoms with Gasteiger partial charge in [0.2, 0.25) is 0 Å². The molecule has 0 amide bonds. The van der Waals surface area contributed by atoms with Gasteiger partial charge in [-0.2, -0.15) is 0 Å². The van der Waals surface area contributed by atoms with Crippen molar-refractivity contribution in [1.29, 1.82) is 0 Å². The van der Waals surface area contributed by atoms with Crippen LogP contribution in [0.1, 0.15) is 68.0 Å². The van der Waals surface area contributed by atoms with E-state index in [-0.39, 0.29) is 5.71 Å². The third-order valence-electron chi connectivity index (χ3n) is 9.21. The van der Waals surface area contributed by atoms with Gasteiger partial charge in [-0.25, -0.2) is 9.97 Å². The molecule has 190 valence electrons. The smallest absolute Gasteiger partial charge is 0.123 e. The lowest BCUT2D eigenvalue weighted by atomic mass is 10.0. The molecule has 4 fully saturated rings. The molecule has 4 heterocycles. The Hall–Kier alpha value is -3.22. The van der Waals surface area contributed by atoms with Gasteiger partial charge in [-0.05, 0) is 71.6 Å². The Morgan fingerprint density at radius 2 is 0.972 bits per heavy atom. The van der Waals surface area contributed by atoms with Crippen molar-refractivity contribution in [2.24, 2.45) is 10.8 Å². The van der Waals surface area contributed by atoms with Crippen molar-refractivity contribution < 1.29 is 5.71 Å². The normalized spacial score (nSPS) is 25.1. The highest BCUT2D eigenvalue weighted by Gasteiger charge is 2.49. The summed E-state index contributed by atoms with van der Waals surface area (Å²) >= 11 is 0. The highest BCUT2D eigenvalue weighted by molar-refractivity contribution is 5.71. The van der Waals surface area contributed by atoms with E-state index >= 15 is 0 Å². The maximum atomic E-state index is 4.69. The average molecular weight is 485 g/mol. The minimum atomic E-state index is 0. The zero-order chi connectivity index (χ0) is 23.7. The van der Waals surface area contributed by atoms with Gasteiger partial charge >= 0.3 is 0 Å². The van der Waals surface area contributed by atoms with Crippen molar-refractivity contribution in [1.82, 2.24) is 30.6 Å². The third-order valence-corrected chi connectivity index (χ3v) is 9.21. The molecule has 8 rings (SSSR count). The van der Waals surface area contributed by atoms with E-state index in [1.807, 2.05) is 12.4 Å². The van der Waals surface area contributed by atoms with E-state index in [0.717, 1.165) is 36.1 Å². The summed E-state index contributed by atoms with van der Waals surface area (Å²) in [7, 11) is 0. The van der Waals surface area contributed by atoms with Gasteiger partial charge in [0.15, 0.2) is 0 Å². The summed E-state index contributed by atoms with van der Waals surface area (Å²) < 4.78 is 0. The summed E-state index contributed by atoms with van der Waals surface area (Å²) in [6, 6.07) is 18.3. The molecule has 4 aliphatic rings. The number of aromatic amines is 2. The standard InChI is InChI=1S/C30H32N6.4H2/c1-5-21(25-15-31-27(35-25)23-13-29(9-10-29)17-33-23)6-2-19(1)20-3-7-22(8-4-20)26-16-32-28(36-26)24-14-30(11-12-30)18-34-24;;;;/h1-8,15-16,23-24,33-34H,9-14,17-18H2,(H,31,35)(H,32,36);4*1H/t23-,24-;;;;/m0..../s1. The molecule has 6 nitrogen and oxygen atoms in total. The Labute approximate surface area is 217 Å². The molecular formula is C30H40N6. The van der Waals surface area contributed by atoms with Gasteiger partial charge in [0.25, 0.3) is 0 Å². The highest BCUT2D eigenvalue weighted by Crippen LogP contribution is 2.55. The second-order valence-electron chi connectivity index (χ2n) is 11.8. The molecule has 2 atom stereocenters. The van der Waals surface area contributed by atoms with Gasteiger partial charge in [0.05, 0.1) is 35.9 Å². The van der Waals surface area contributed by atoms with E-state index in [1.165, 1.54) is 60.8 Å². The highest BCUT2D eigenvalue weighted by atomic mass is 15.1. The van der Waals surface area contributed by atoms with Crippen LogP contribution in [0.3, 0.4) is 0 Å². The summed E-state index contributed by atoms with van der Waals surface area (Å²) in [6.45, 7) is 2.28. The molecule has 0 radical (unpaired) electrons. The molecule has 2 saturated carbocycles. The SMILES string of the molecule is [HH].[HH].[HH].[HH].c1cc(-c2cnc([C@@H]3CC4(CC4)CN3)[nH]2)ccc1-c1ccc(-c2cnc([C@@H]3CC4(CC4)CN3)[nH]2)cc1. The van der Waals surface area contributed by atoms with E-state index in [1.54, 1.807) is 0 Å². The monoisotopic (exact) mass is 484 g/mol. The van der Waals surface area contributed by atoms with Crippen molar-refractivity contribution in [3.8, 4) is 33.6 Å². The molecule has 2 spiro atoms. The molecule has 0 bridgehead atoms. The fourth-order valence-electron chi connectivity index (χ4n) is 6.34. The van der Waals surface area contributed by atoms with Crippen molar-refractivity contribution in [2.45, 2.75) is 50.6 Å². The summed E-state index contributed by atoms with van der Waals surface area (Å²) in [5.74, 6) is 2.15. The van der Waals surface area contributed by atoms with Gasteiger partial charge in [-0.15, -0.1) is 0 Å². The van der Waals surface area contributed by atoms with Gasteiger partial charge in [0.1, 0.15) is 11.6 Å². The molecule has 2 aromatic heterocycles. The van der Waals surface area contributed by atoms with Crippen LogP contribution in [-0.2, 0) is 0 Å². The lowest BCUT2D eigenvalue weighted by molar-refractivity contribution is 0.543. The lowest BCUT2D eigenvalue weighted by Crippen LogP contribution is -2.15. The Kier molecular flexibility index (Phi) is 4.44. The van der Waals surface area contributed by atoms with Crippen LogP contribution >= 0.6 is 0 Å². The fourth-order valence-corrected chi connectivity index (χ4v) is 6.34. The Morgan fingerprint density at radius 1 is 0.583 bits per heavy atom. The van der Waals surface area contributed by atoms with Crippen LogP contribution in [0.2, 0.25) is 0 Å². The van der Waals surface area contributed by atoms with Gasteiger partial charge in [-0.3, -0.25) is 0 Å². The van der Waals surface area contributed by atoms with Crippen molar-refractivity contribution in [2.75, 3.05) is 13.1 Å². The maximum Gasteiger partial charge on any atom is 0.123 e. The van der Waals surface area contributed by atoms with Crippen LogP contribution in [-0.4, -0.2) is 33.0 Å². The number of rotatable bonds is 5. The van der Waals surface area contributed by atoms with Crippen LogP contribution in [0, 0.1) is 10.8 Å². The van der Waals surface area contributed by atoms with Crippen LogP contribution in [0.25, 0.3) is 33.6 Å². The Morgan fingerprint density at radius 3 is 1.33 bits per heavy atom. The number of aromatic nitrogens is 4. The Balaban J connectivity index is 0.000000924. The number of benzene rings is 2. The molecule has 36 heavy (non-hydrogen) atoms. The molecular weight excluding hydrogens is 444 g/mol. The molecule has 2 aliphatic carbocycles. The molecule has 4 N–H and O–H groups in total. The number of nitrogens with zero attached hydrogens (tertiary/aromatic N) is 2. The minimum Gasteiger partial charge on any atom is -0.341 e. The zero-order valence-electron chi connectivity index (χ0n) is 20.5. The first-order chi connectivity index (χ1) is 17.7. The summed E-state index contributed by atoms with van der Waals surface area (Å²) in [6.07, 6.45) is 11.9. The lowest BCUT2D eigenvalue weighted by Gasteiger charge is -2.07. The number of nitrogens with one attached hydrogen (secondary N) is 4. The summed E-state index contributed by atoms with van der Waals surface area (Å²) in [5, 5.41) is 7.31. The quantitative estimate of drug-likeness (QED) is 0.253. The van der Waals surface area contributed by atoms with Gasteiger partial charge in [0, 0.05) is 18.8 Å². The van der Waals surface area contributed by atoms with E-state index in [9.17, 15) is 0 Å². The third kappa shape index (κ3) is 3.62. The van der Waals surface area contributed by atoms with Crippen LogP contribution in [0.15, 0.2) is 60.9 Å². The van der Waals surface area contributed by atoms with Gasteiger partial charge < -0.3 is 20.6 Å². The first-order valence-electron chi connectivity index (χ1n) is 13.4. The van der Waals surface area contributed by atoms with E-state index in [0.29, 0.717) is 22.9 Å². The first-order valence-corrected chi connectivity index (χ1v) is 13.4. The van der Waals surface area contributed by atoms with E-state index in [2.05, 4.69) is 69.1 Å². The molecule has 2 aromatic carbocycles. The topological polar surface area (TPSA) is 81.4 Å². The summed E-state index contributed by atoms with van der Waals surface area (Å²) in [5.41, 5.74) is 8.09. The van der Waals surface area contributed by atoms with Crippen molar-refractivity contribution >= 4 is 0 Å². The van der Waals surface area contributed by atoms with Crippen molar-refractivity contribution in [3.05, 3.63) is 72.6 Å². The zero-order valence-corrected chi connectivity index (χ0v) is 20.5. The number of hydrogen-bond donors (Lipinski definition) is 4. The average Bonchev–Trinajstić information content (AvgIpc) is 3.48. The van der Waals surface area contributed by atoms with Gasteiger partial charge in [-0.1, -0.05) is 48.5 Å². The molecule has 2 aliphatic heterocycles. The maximum absolute atomic E-state index is 4.69. The Bertz CT molecular complexity index is 1310. The second kappa shape index (κ2) is 7.64. The van der Waals surface area contributed by atoms with Crippen LogP contribution in [0.4, 0.5) is 0 Å². The fraction of sp³-hybridized carbons (Fsp3) is 0.400. The molecule has 0 unspecified atom stereocenters. The predicted molar refractivity (Wildman–Crippen MR) is 150 cm³/mol. The second-order valence-corrected chi connectivity index (χ2v) is 11.8. The number of H-pyrrole nitrogens is 2. The minimum absolute atomic E-state index is 0. The first kappa shape index (κ1) is 20.9. The largest absolute Gasteiger partial charge is 0.341 e. The van der Waals surface area contributed by atoms with E-state index in [4.69, 9.17) is 9.97 Å². The molecule has 2 saturated heterocycles. The number of hydrogen-bond acceptors (Lipinski definition) is 4. The molecule has 6 heteroatoms.